The molecule has 0 fully saturated rings. The lowest BCUT2D eigenvalue weighted by Gasteiger charge is -2.12. The number of benzene rings is 1. The fourth-order valence-electron chi connectivity index (χ4n) is 1.50. The Morgan fingerprint density at radius 3 is 2.50 bits per heavy atom. The van der Waals surface area contributed by atoms with E-state index in [4.69, 9.17) is 4.74 Å². The highest BCUT2D eigenvalue weighted by atomic mass is 79.9. The molecule has 0 atom stereocenters. The van der Waals surface area contributed by atoms with Gasteiger partial charge in [-0.2, -0.15) is 0 Å². The first-order chi connectivity index (χ1) is 8.49. The molecule has 0 unspecified atom stereocenters. The van der Waals surface area contributed by atoms with Gasteiger partial charge in [0, 0.05) is 12.6 Å². The molecule has 0 bridgehead atoms. The van der Waals surface area contributed by atoms with Gasteiger partial charge in [0.15, 0.2) is 0 Å². The van der Waals surface area contributed by atoms with E-state index in [0.717, 1.165) is 29.8 Å². The highest BCUT2D eigenvalue weighted by Crippen LogP contribution is 2.26. The van der Waals surface area contributed by atoms with E-state index < -0.39 is 0 Å². The standard InChI is InChI=1S/C15H24BrNO/c1-11(2)7-8-18-15-6-5-13(9-14(15)16)10-17-12(3)4/h5-6,9,11-12,17H,7-8,10H2,1-4H3. The van der Waals surface area contributed by atoms with Gasteiger partial charge in [0.2, 0.25) is 0 Å². The summed E-state index contributed by atoms with van der Waals surface area (Å²) in [6.45, 7) is 10.4. The van der Waals surface area contributed by atoms with Gasteiger partial charge >= 0.3 is 0 Å². The van der Waals surface area contributed by atoms with E-state index in [0.29, 0.717) is 12.0 Å². The first-order valence-electron chi connectivity index (χ1n) is 6.63. The first-order valence-corrected chi connectivity index (χ1v) is 7.43. The molecule has 0 aliphatic carbocycles. The van der Waals surface area contributed by atoms with Gasteiger partial charge in [-0.1, -0.05) is 33.8 Å². The molecule has 1 rings (SSSR count). The van der Waals surface area contributed by atoms with Crippen molar-refractivity contribution in [2.75, 3.05) is 6.61 Å². The maximum absolute atomic E-state index is 5.76. The van der Waals surface area contributed by atoms with Crippen LogP contribution in [0.5, 0.6) is 5.75 Å². The Balaban J connectivity index is 2.51. The molecule has 0 aromatic heterocycles. The Bertz CT molecular complexity index is 364. The van der Waals surface area contributed by atoms with Gasteiger partial charge in [0.05, 0.1) is 11.1 Å². The zero-order chi connectivity index (χ0) is 13.5. The Morgan fingerprint density at radius 1 is 1.22 bits per heavy atom. The molecular weight excluding hydrogens is 290 g/mol. The van der Waals surface area contributed by atoms with Gasteiger partial charge in [-0.3, -0.25) is 0 Å². The van der Waals surface area contributed by atoms with Crippen molar-refractivity contribution in [2.24, 2.45) is 5.92 Å². The summed E-state index contributed by atoms with van der Waals surface area (Å²) in [5.41, 5.74) is 1.27. The van der Waals surface area contributed by atoms with Crippen LogP contribution in [0, 0.1) is 5.92 Å². The highest BCUT2D eigenvalue weighted by molar-refractivity contribution is 9.10. The molecule has 0 saturated carbocycles. The van der Waals surface area contributed by atoms with Gasteiger partial charge in [0.1, 0.15) is 5.75 Å². The van der Waals surface area contributed by atoms with E-state index >= 15 is 0 Å². The quantitative estimate of drug-likeness (QED) is 0.807. The van der Waals surface area contributed by atoms with Crippen LogP contribution >= 0.6 is 15.9 Å². The predicted octanol–water partition coefficient (Wildman–Crippen LogP) is 4.37. The van der Waals surface area contributed by atoms with Crippen LogP contribution in [0.4, 0.5) is 0 Å². The van der Waals surface area contributed by atoms with Crippen molar-refractivity contribution in [1.82, 2.24) is 5.32 Å². The van der Waals surface area contributed by atoms with Gasteiger partial charge in [-0.15, -0.1) is 0 Å². The van der Waals surface area contributed by atoms with E-state index in [-0.39, 0.29) is 0 Å². The maximum atomic E-state index is 5.76. The van der Waals surface area contributed by atoms with Gasteiger partial charge in [-0.25, -0.2) is 0 Å². The number of ether oxygens (including phenoxy) is 1. The molecule has 0 heterocycles. The Kier molecular flexibility index (Phi) is 6.72. The largest absolute Gasteiger partial charge is 0.492 e. The van der Waals surface area contributed by atoms with E-state index in [9.17, 15) is 0 Å². The van der Waals surface area contributed by atoms with E-state index in [1.54, 1.807) is 0 Å². The van der Waals surface area contributed by atoms with Crippen molar-refractivity contribution in [2.45, 2.75) is 46.7 Å². The molecule has 0 aliphatic rings. The second kappa shape index (κ2) is 7.80. The monoisotopic (exact) mass is 313 g/mol. The van der Waals surface area contributed by atoms with Crippen molar-refractivity contribution in [3.05, 3.63) is 28.2 Å². The van der Waals surface area contributed by atoms with Crippen molar-refractivity contribution in [3.63, 3.8) is 0 Å². The van der Waals surface area contributed by atoms with Gasteiger partial charge < -0.3 is 10.1 Å². The number of halogens is 1. The lowest BCUT2D eigenvalue weighted by atomic mass is 10.1. The fraction of sp³-hybridized carbons (Fsp3) is 0.600. The summed E-state index contributed by atoms with van der Waals surface area (Å²) in [6.07, 6.45) is 1.09. The molecule has 102 valence electrons. The summed E-state index contributed by atoms with van der Waals surface area (Å²) >= 11 is 3.57. The summed E-state index contributed by atoms with van der Waals surface area (Å²) < 4.78 is 6.80. The average Bonchev–Trinajstić information content (AvgIpc) is 2.28. The summed E-state index contributed by atoms with van der Waals surface area (Å²) in [5.74, 6) is 1.61. The summed E-state index contributed by atoms with van der Waals surface area (Å²) in [5, 5.41) is 3.40. The number of rotatable bonds is 7. The van der Waals surface area contributed by atoms with E-state index in [2.05, 4.69) is 61.1 Å². The molecular formula is C15H24BrNO. The average molecular weight is 314 g/mol. The Morgan fingerprint density at radius 2 is 1.94 bits per heavy atom. The van der Waals surface area contributed by atoms with Crippen LogP contribution in [0.25, 0.3) is 0 Å². The lowest BCUT2D eigenvalue weighted by Crippen LogP contribution is -2.21. The normalized spacial score (nSPS) is 11.3. The smallest absolute Gasteiger partial charge is 0.133 e. The molecule has 0 spiro atoms. The minimum Gasteiger partial charge on any atom is -0.492 e. The SMILES string of the molecule is CC(C)CCOc1ccc(CNC(C)C)cc1Br. The highest BCUT2D eigenvalue weighted by Gasteiger charge is 2.04. The predicted molar refractivity (Wildman–Crippen MR) is 81.1 cm³/mol. The second-order valence-corrected chi connectivity index (χ2v) is 6.19. The van der Waals surface area contributed by atoms with E-state index in [1.165, 1.54) is 5.56 Å². The Labute approximate surface area is 119 Å². The van der Waals surface area contributed by atoms with Crippen LogP contribution in [0.3, 0.4) is 0 Å². The number of hydrogen-bond acceptors (Lipinski definition) is 2. The zero-order valence-corrected chi connectivity index (χ0v) is 13.4. The van der Waals surface area contributed by atoms with Crippen LogP contribution in [0.2, 0.25) is 0 Å². The topological polar surface area (TPSA) is 21.3 Å². The summed E-state index contributed by atoms with van der Waals surface area (Å²) in [7, 11) is 0. The van der Waals surface area contributed by atoms with Gasteiger partial charge in [-0.05, 0) is 46.0 Å². The third-order valence-corrected chi connectivity index (χ3v) is 3.28. The van der Waals surface area contributed by atoms with Crippen LogP contribution in [-0.2, 0) is 6.54 Å². The van der Waals surface area contributed by atoms with Crippen molar-refractivity contribution < 1.29 is 4.74 Å². The summed E-state index contributed by atoms with van der Waals surface area (Å²) in [6, 6.07) is 6.79. The van der Waals surface area contributed by atoms with E-state index in [1.807, 2.05) is 6.07 Å². The van der Waals surface area contributed by atoms with Crippen molar-refractivity contribution in [3.8, 4) is 5.75 Å². The zero-order valence-electron chi connectivity index (χ0n) is 11.8. The van der Waals surface area contributed by atoms with Gasteiger partial charge in [0.25, 0.3) is 0 Å². The molecule has 0 amide bonds. The third kappa shape index (κ3) is 5.87. The van der Waals surface area contributed by atoms with Crippen LogP contribution in [0.15, 0.2) is 22.7 Å². The molecule has 0 radical (unpaired) electrons. The molecule has 1 N–H and O–H groups in total. The molecule has 1 aromatic rings. The first kappa shape index (κ1) is 15.5. The molecule has 0 aliphatic heterocycles. The van der Waals surface area contributed by atoms with Crippen LogP contribution in [-0.4, -0.2) is 12.6 Å². The van der Waals surface area contributed by atoms with Crippen molar-refractivity contribution in [1.29, 1.82) is 0 Å². The van der Waals surface area contributed by atoms with Crippen LogP contribution < -0.4 is 10.1 Å². The molecule has 3 heteroatoms. The van der Waals surface area contributed by atoms with Crippen LogP contribution in [0.1, 0.15) is 39.7 Å². The minimum atomic E-state index is 0.505. The lowest BCUT2D eigenvalue weighted by molar-refractivity contribution is 0.288. The second-order valence-electron chi connectivity index (χ2n) is 5.33. The summed E-state index contributed by atoms with van der Waals surface area (Å²) in [4.78, 5) is 0. The molecule has 0 saturated heterocycles. The Hall–Kier alpha value is -0.540. The molecule has 18 heavy (non-hydrogen) atoms. The number of hydrogen-bond donors (Lipinski definition) is 1. The third-order valence-electron chi connectivity index (χ3n) is 2.66. The molecule has 2 nitrogen and oxygen atoms in total. The fourth-order valence-corrected chi connectivity index (χ4v) is 2.04. The molecule has 1 aromatic carbocycles. The minimum absolute atomic E-state index is 0.505. The maximum Gasteiger partial charge on any atom is 0.133 e. The number of nitrogens with one attached hydrogen (secondary N) is 1. The van der Waals surface area contributed by atoms with Crippen molar-refractivity contribution >= 4 is 15.9 Å².